The average Bonchev–Trinajstić information content (AvgIpc) is 2.83. The minimum absolute atomic E-state index is 1.05. The lowest BCUT2D eigenvalue weighted by atomic mass is 10.1. The van der Waals surface area contributed by atoms with Crippen LogP contribution in [0.4, 0.5) is 5.69 Å². The highest BCUT2D eigenvalue weighted by molar-refractivity contribution is 5.59. The standard InChI is InChI=1S/C13H15N3/c1-9-7-10(2)16(15-9)12-3-4-13-11(8-12)5-6-14-13/h3-4,7-8,14H,5-6H2,1-2H3. The fourth-order valence-electron chi connectivity index (χ4n) is 2.31. The fourth-order valence-corrected chi connectivity index (χ4v) is 2.31. The number of nitrogens with one attached hydrogen (secondary N) is 1. The van der Waals surface area contributed by atoms with Gasteiger partial charge in [-0.1, -0.05) is 0 Å². The third-order valence-electron chi connectivity index (χ3n) is 3.05. The number of aryl methyl sites for hydroxylation is 2. The number of rotatable bonds is 1. The Hall–Kier alpha value is -1.77. The number of fused-ring (bicyclic) bond motifs is 1. The molecule has 82 valence electrons. The molecule has 16 heavy (non-hydrogen) atoms. The number of anilines is 1. The molecule has 1 aliphatic heterocycles. The molecule has 1 aliphatic rings. The van der Waals surface area contributed by atoms with E-state index in [2.05, 4.69) is 41.6 Å². The molecule has 2 heterocycles. The predicted molar refractivity (Wildman–Crippen MR) is 65.2 cm³/mol. The van der Waals surface area contributed by atoms with Gasteiger partial charge in [0.05, 0.1) is 11.4 Å². The van der Waals surface area contributed by atoms with E-state index >= 15 is 0 Å². The monoisotopic (exact) mass is 213 g/mol. The van der Waals surface area contributed by atoms with Crippen molar-refractivity contribution in [1.82, 2.24) is 9.78 Å². The SMILES string of the molecule is Cc1cc(C)n(-c2ccc3c(c2)CCN3)n1. The minimum Gasteiger partial charge on any atom is -0.384 e. The second kappa shape index (κ2) is 3.37. The Labute approximate surface area is 95.1 Å². The Bertz CT molecular complexity index is 540. The lowest BCUT2D eigenvalue weighted by Crippen LogP contribution is -1.99. The maximum Gasteiger partial charge on any atom is 0.0653 e. The van der Waals surface area contributed by atoms with E-state index in [4.69, 9.17) is 0 Å². The van der Waals surface area contributed by atoms with E-state index in [9.17, 15) is 0 Å². The van der Waals surface area contributed by atoms with E-state index in [1.54, 1.807) is 0 Å². The van der Waals surface area contributed by atoms with Gasteiger partial charge in [0.2, 0.25) is 0 Å². The van der Waals surface area contributed by atoms with Crippen LogP contribution in [0.25, 0.3) is 5.69 Å². The molecule has 1 aromatic heterocycles. The molecule has 0 atom stereocenters. The summed E-state index contributed by atoms with van der Waals surface area (Å²) >= 11 is 0. The molecule has 0 radical (unpaired) electrons. The summed E-state index contributed by atoms with van der Waals surface area (Å²) in [5, 5.41) is 7.87. The van der Waals surface area contributed by atoms with Crippen molar-refractivity contribution in [3.05, 3.63) is 41.2 Å². The molecule has 1 aromatic carbocycles. The van der Waals surface area contributed by atoms with E-state index in [1.807, 2.05) is 11.6 Å². The molecule has 0 spiro atoms. The van der Waals surface area contributed by atoms with Crippen LogP contribution in [0.2, 0.25) is 0 Å². The summed E-state index contributed by atoms with van der Waals surface area (Å²) in [6.45, 7) is 5.17. The molecular formula is C13H15N3. The maximum atomic E-state index is 4.50. The van der Waals surface area contributed by atoms with Crippen LogP contribution >= 0.6 is 0 Å². The molecule has 3 rings (SSSR count). The Kier molecular flexibility index (Phi) is 1.99. The Morgan fingerprint density at radius 2 is 2.12 bits per heavy atom. The second-order valence-corrected chi connectivity index (χ2v) is 4.36. The van der Waals surface area contributed by atoms with Gasteiger partial charge in [0.1, 0.15) is 0 Å². The van der Waals surface area contributed by atoms with E-state index in [1.165, 1.54) is 16.9 Å². The summed E-state index contributed by atoms with van der Waals surface area (Å²) in [4.78, 5) is 0. The zero-order chi connectivity index (χ0) is 11.1. The summed E-state index contributed by atoms with van der Waals surface area (Å²) in [6, 6.07) is 8.60. The highest BCUT2D eigenvalue weighted by Crippen LogP contribution is 2.25. The topological polar surface area (TPSA) is 29.9 Å². The molecule has 3 nitrogen and oxygen atoms in total. The van der Waals surface area contributed by atoms with Crippen molar-refractivity contribution in [2.75, 3.05) is 11.9 Å². The van der Waals surface area contributed by atoms with E-state index in [0.717, 1.165) is 24.3 Å². The van der Waals surface area contributed by atoms with Crippen molar-refractivity contribution in [3.8, 4) is 5.69 Å². The third kappa shape index (κ3) is 1.40. The number of hydrogen-bond acceptors (Lipinski definition) is 2. The van der Waals surface area contributed by atoms with Crippen molar-refractivity contribution in [2.45, 2.75) is 20.3 Å². The molecule has 0 unspecified atom stereocenters. The molecule has 0 saturated carbocycles. The number of benzene rings is 1. The second-order valence-electron chi connectivity index (χ2n) is 4.36. The first kappa shape index (κ1) is 9.46. The lowest BCUT2D eigenvalue weighted by Gasteiger charge is -2.06. The van der Waals surface area contributed by atoms with Gasteiger partial charge in [-0.3, -0.25) is 0 Å². The summed E-state index contributed by atoms with van der Waals surface area (Å²) in [7, 11) is 0. The molecule has 1 N–H and O–H groups in total. The van der Waals surface area contributed by atoms with Crippen molar-refractivity contribution >= 4 is 5.69 Å². The summed E-state index contributed by atoms with van der Waals surface area (Å²) < 4.78 is 2.01. The normalized spacial score (nSPS) is 13.6. The summed E-state index contributed by atoms with van der Waals surface area (Å²) in [5.41, 5.74) is 6.07. The van der Waals surface area contributed by atoms with Crippen molar-refractivity contribution in [1.29, 1.82) is 0 Å². The third-order valence-corrected chi connectivity index (χ3v) is 3.05. The Balaban J connectivity index is 2.10. The first-order chi connectivity index (χ1) is 7.74. The van der Waals surface area contributed by atoms with E-state index < -0.39 is 0 Å². The van der Waals surface area contributed by atoms with Crippen LogP contribution in [0.1, 0.15) is 17.0 Å². The van der Waals surface area contributed by atoms with Crippen molar-refractivity contribution in [2.24, 2.45) is 0 Å². The molecule has 3 heteroatoms. The van der Waals surface area contributed by atoms with Crippen LogP contribution in [0, 0.1) is 13.8 Å². The van der Waals surface area contributed by atoms with Crippen molar-refractivity contribution in [3.63, 3.8) is 0 Å². The molecule has 0 amide bonds. The Morgan fingerprint density at radius 1 is 1.25 bits per heavy atom. The van der Waals surface area contributed by atoms with Gasteiger partial charge in [0, 0.05) is 17.9 Å². The van der Waals surface area contributed by atoms with Crippen LogP contribution in [-0.4, -0.2) is 16.3 Å². The number of nitrogens with zero attached hydrogens (tertiary/aromatic N) is 2. The van der Waals surface area contributed by atoms with E-state index in [-0.39, 0.29) is 0 Å². The van der Waals surface area contributed by atoms with E-state index in [0.29, 0.717) is 0 Å². The molecule has 0 aliphatic carbocycles. The van der Waals surface area contributed by atoms with Gasteiger partial charge in [0.25, 0.3) is 0 Å². The van der Waals surface area contributed by atoms with Gasteiger partial charge in [-0.2, -0.15) is 5.10 Å². The first-order valence-corrected chi connectivity index (χ1v) is 5.64. The van der Waals surface area contributed by atoms with Crippen LogP contribution in [0.15, 0.2) is 24.3 Å². The van der Waals surface area contributed by atoms with Gasteiger partial charge in [-0.25, -0.2) is 4.68 Å². The lowest BCUT2D eigenvalue weighted by molar-refractivity contribution is 0.832. The summed E-state index contributed by atoms with van der Waals surface area (Å²) in [6.07, 6.45) is 1.11. The van der Waals surface area contributed by atoms with Gasteiger partial charge in [-0.05, 0) is 50.1 Å². The molecule has 0 saturated heterocycles. The zero-order valence-corrected chi connectivity index (χ0v) is 9.62. The first-order valence-electron chi connectivity index (χ1n) is 5.64. The molecular weight excluding hydrogens is 198 g/mol. The van der Waals surface area contributed by atoms with Crippen LogP contribution in [0.3, 0.4) is 0 Å². The summed E-state index contributed by atoms with van der Waals surface area (Å²) in [5.74, 6) is 0. The fraction of sp³-hybridized carbons (Fsp3) is 0.308. The largest absolute Gasteiger partial charge is 0.384 e. The van der Waals surface area contributed by atoms with Crippen molar-refractivity contribution < 1.29 is 0 Å². The molecule has 0 bridgehead atoms. The van der Waals surface area contributed by atoms with Gasteiger partial charge < -0.3 is 5.32 Å². The highest BCUT2D eigenvalue weighted by Gasteiger charge is 2.11. The number of aromatic nitrogens is 2. The number of hydrogen-bond donors (Lipinski definition) is 1. The minimum atomic E-state index is 1.05. The van der Waals surface area contributed by atoms with Crippen LogP contribution in [-0.2, 0) is 6.42 Å². The van der Waals surface area contributed by atoms with Gasteiger partial charge in [0.15, 0.2) is 0 Å². The van der Waals surface area contributed by atoms with Gasteiger partial charge >= 0.3 is 0 Å². The molecule has 2 aromatic rings. The van der Waals surface area contributed by atoms with Gasteiger partial charge in [-0.15, -0.1) is 0 Å². The van der Waals surface area contributed by atoms with Crippen LogP contribution < -0.4 is 5.32 Å². The Morgan fingerprint density at radius 3 is 2.88 bits per heavy atom. The zero-order valence-electron chi connectivity index (χ0n) is 9.62. The quantitative estimate of drug-likeness (QED) is 0.788. The molecule has 0 fully saturated rings. The van der Waals surface area contributed by atoms with Crippen LogP contribution in [0.5, 0.6) is 0 Å². The average molecular weight is 213 g/mol. The predicted octanol–water partition coefficient (Wildman–Crippen LogP) is 2.46. The highest BCUT2D eigenvalue weighted by atomic mass is 15.3. The smallest absolute Gasteiger partial charge is 0.0653 e. The maximum absolute atomic E-state index is 4.50.